The van der Waals surface area contributed by atoms with E-state index >= 15 is 0 Å². The predicted molar refractivity (Wildman–Crippen MR) is 169 cm³/mol. The van der Waals surface area contributed by atoms with Gasteiger partial charge in [0.15, 0.2) is 4.80 Å². The standard InChI is InChI=1S/C34H24BrClN2O2S/c35-25-14-11-23(12-15-25)32-28-18-13-22-5-1-3-7-27(22)31(28)37-34-38(32)33(39)30(41-34)19-24-6-2-4-8-29(24)40-20-21-9-16-26(36)17-10-21/h1-12,14-17,19,32H,13,18,20H2/b30-19-/t32-/m0/s1. The first-order valence-corrected chi connectivity index (χ1v) is 15.4. The molecule has 0 N–H and O–H groups in total. The van der Waals surface area contributed by atoms with Crippen LogP contribution in [-0.2, 0) is 13.0 Å². The molecule has 4 aromatic carbocycles. The van der Waals surface area contributed by atoms with Gasteiger partial charge in [-0.05, 0) is 71.5 Å². The van der Waals surface area contributed by atoms with Crippen LogP contribution in [0.25, 0.3) is 11.8 Å². The van der Waals surface area contributed by atoms with E-state index in [1.54, 1.807) is 0 Å². The molecule has 0 saturated carbocycles. The van der Waals surface area contributed by atoms with Gasteiger partial charge in [0.1, 0.15) is 12.4 Å². The van der Waals surface area contributed by atoms with Crippen molar-refractivity contribution in [2.75, 3.05) is 0 Å². The average molecular weight is 640 g/mol. The molecule has 1 aliphatic heterocycles. The lowest BCUT2D eigenvalue weighted by molar-refractivity contribution is 0.305. The third-order valence-corrected chi connectivity index (χ3v) is 9.34. The van der Waals surface area contributed by atoms with Crippen molar-refractivity contribution < 1.29 is 4.74 Å². The van der Waals surface area contributed by atoms with Crippen LogP contribution in [0, 0.1) is 0 Å². The van der Waals surface area contributed by atoms with Gasteiger partial charge in [0.2, 0.25) is 0 Å². The highest BCUT2D eigenvalue weighted by Crippen LogP contribution is 2.41. The van der Waals surface area contributed by atoms with Crippen molar-refractivity contribution in [1.29, 1.82) is 0 Å². The molecule has 0 bridgehead atoms. The normalized spacial score (nSPS) is 16.0. The first kappa shape index (κ1) is 26.2. The second kappa shape index (κ2) is 10.9. The summed E-state index contributed by atoms with van der Waals surface area (Å²) in [6.45, 7) is 0.402. The van der Waals surface area contributed by atoms with Gasteiger partial charge in [-0.1, -0.05) is 106 Å². The van der Waals surface area contributed by atoms with Gasteiger partial charge in [0, 0.05) is 20.6 Å². The maximum absolute atomic E-state index is 14.1. The smallest absolute Gasteiger partial charge is 0.271 e. The average Bonchev–Trinajstić information content (AvgIpc) is 3.31. The van der Waals surface area contributed by atoms with Gasteiger partial charge in [0.25, 0.3) is 5.56 Å². The first-order chi connectivity index (χ1) is 20.0. The Labute approximate surface area is 254 Å². The van der Waals surface area contributed by atoms with Gasteiger partial charge >= 0.3 is 0 Å². The van der Waals surface area contributed by atoms with Crippen LogP contribution in [0.5, 0.6) is 5.75 Å². The lowest BCUT2D eigenvalue weighted by atomic mass is 9.83. The second-order valence-electron chi connectivity index (χ2n) is 10.1. The summed E-state index contributed by atoms with van der Waals surface area (Å²) in [7, 11) is 0. The van der Waals surface area contributed by atoms with E-state index in [1.165, 1.54) is 22.5 Å². The number of aryl methyl sites for hydroxylation is 1. The van der Waals surface area contributed by atoms with Crippen molar-refractivity contribution in [2.45, 2.75) is 25.5 Å². The number of hydrogen-bond donors (Lipinski definition) is 0. The van der Waals surface area contributed by atoms with Crippen LogP contribution in [0.4, 0.5) is 0 Å². The molecule has 1 atom stereocenters. The summed E-state index contributed by atoms with van der Waals surface area (Å²) < 4.78 is 9.69. The summed E-state index contributed by atoms with van der Waals surface area (Å²) in [6, 6.07) is 32.0. The maximum atomic E-state index is 14.1. The van der Waals surface area contributed by atoms with E-state index in [0.29, 0.717) is 26.7 Å². The summed E-state index contributed by atoms with van der Waals surface area (Å²) in [5.41, 5.74) is 7.56. The highest BCUT2D eigenvalue weighted by molar-refractivity contribution is 9.10. The number of para-hydroxylation sites is 1. The van der Waals surface area contributed by atoms with Gasteiger partial charge in [-0.25, -0.2) is 4.99 Å². The monoisotopic (exact) mass is 638 g/mol. The number of fused-ring (bicyclic) bond motifs is 3. The molecule has 0 saturated heterocycles. The second-order valence-corrected chi connectivity index (χ2v) is 12.5. The Kier molecular flexibility index (Phi) is 6.99. The van der Waals surface area contributed by atoms with Crippen molar-refractivity contribution in [3.8, 4) is 5.75 Å². The molecule has 202 valence electrons. The SMILES string of the molecule is O=c1/c(=C/c2ccccc2OCc2ccc(Cl)cc2)sc2n1[C@@H](c1ccc(Br)cc1)C1=C(N=2)c2ccccc2CC1. The highest BCUT2D eigenvalue weighted by atomic mass is 79.9. The molecule has 41 heavy (non-hydrogen) atoms. The molecule has 4 nitrogen and oxygen atoms in total. The van der Waals surface area contributed by atoms with Crippen LogP contribution in [0.15, 0.2) is 117 Å². The van der Waals surface area contributed by atoms with E-state index in [0.717, 1.165) is 45.3 Å². The first-order valence-electron chi connectivity index (χ1n) is 13.4. The summed E-state index contributed by atoms with van der Waals surface area (Å²) in [6.07, 6.45) is 3.72. The van der Waals surface area contributed by atoms with Gasteiger partial charge in [-0.15, -0.1) is 0 Å². The molecule has 1 aromatic heterocycles. The van der Waals surface area contributed by atoms with Gasteiger partial charge in [0.05, 0.1) is 16.3 Å². The third-order valence-electron chi connectivity index (χ3n) is 7.57. The molecule has 0 radical (unpaired) electrons. The fourth-order valence-electron chi connectivity index (χ4n) is 5.58. The Morgan fingerprint density at radius 3 is 2.54 bits per heavy atom. The molecular formula is C34H24BrClN2O2S. The number of benzene rings is 4. The minimum atomic E-state index is -0.207. The quantitative estimate of drug-likeness (QED) is 0.202. The van der Waals surface area contributed by atoms with Crippen LogP contribution in [0.3, 0.4) is 0 Å². The van der Waals surface area contributed by atoms with Gasteiger partial charge in [-0.2, -0.15) is 0 Å². The number of hydrogen-bond acceptors (Lipinski definition) is 4. The number of ether oxygens (including phenoxy) is 1. The van der Waals surface area contributed by atoms with E-state index in [4.69, 9.17) is 21.3 Å². The topological polar surface area (TPSA) is 43.6 Å². The fraction of sp³-hybridized carbons (Fsp3) is 0.118. The largest absolute Gasteiger partial charge is 0.488 e. The van der Waals surface area contributed by atoms with E-state index in [9.17, 15) is 4.79 Å². The molecule has 0 unspecified atom stereocenters. The molecule has 2 heterocycles. The fourth-order valence-corrected chi connectivity index (χ4v) is 6.96. The molecule has 7 rings (SSSR count). The molecule has 0 amide bonds. The minimum Gasteiger partial charge on any atom is -0.488 e. The summed E-state index contributed by atoms with van der Waals surface area (Å²) in [5, 5.41) is 0.691. The van der Waals surface area contributed by atoms with Crippen LogP contribution >= 0.6 is 38.9 Å². The van der Waals surface area contributed by atoms with E-state index < -0.39 is 0 Å². The Morgan fingerprint density at radius 2 is 1.71 bits per heavy atom. The Balaban J connectivity index is 1.35. The molecule has 0 spiro atoms. The summed E-state index contributed by atoms with van der Waals surface area (Å²) in [4.78, 5) is 19.9. The zero-order valence-electron chi connectivity index (χ0n) is 21.9. The van der Waals surface area contributed by atoms with Crippen LogP contribution in [-0.4, -0.2) is 4.57 Å². The Bertz CT molecular complexity index is 1990. The van der Waals surface area contributed by atoms with Crippen LogP contribution in [0.1, 0.15) is 40.3 Å². The van der Waals surface area contributed by atoms with Crippen LogP contribution in [0.2, 0.25) is 5.02 Å². The Hall–Kier alpha value is -3.71. The van der Waals surface area contributed by atoms with Crippen LogP contribution < -0.4 is 19.6 Å². The maximum Gasteiger partial charge on any atom is 0.271 e. The van der Waals surface area contributed by atoms with E-state index in [-0.39, 0.29) is 11.6 Å². The number of nitrogens with zero attached hydrogens (tertiary/aromatic N) is 2. The summed E-state index contributed by atoms with van der Waals surface area (Å²) >= 11 is 11.0. The van der Waals surface area contributed by atoms with Crippen molar-refractivity contribution in [3.63, 3.8) is 0 Å². The van der Waals surface area contributed by atoms with Crippen molar-refractivity contribution >= 4 is 50.6 Å². The molecule has 7 heteroatoms. The van der Waals surface area contributed by atoms with Gasteiger partial charge in [-0.3, -0.25) is 9.36 Å². The number of allylic oxidation sites excluding steroid dienone is 1. The number of halogens is 2. The van der Waals surface area contributed by atoms with Crippen molar-refractivity contribution in [3.05, 3.63) is 160 Å². The summed E-state index contributed by atoms with van der Waals surface area (Å²) in [5.74, 6) is 0.714. The third kappa shape index (κ3) is 5.01. The molecule has 1 aliphatic carbocycles. The number of thiazole rings is 1. The van der Waals surface area contributed by atoms with E-state index in [1.807, 2.05) is 71.3 Å². The lowest BCUT2D eigenvalue weighted by Gasteiger charge is -2.30. The van der Waals surface area contributed by atoms with Crippen molar-refractivity contribution in [2.24, 2.45) is 4.99 Å². The Morgan fingerprint density at radius 1 is 0.951 bits per heavy atom. The predicted octanol–water partition coefficient (Wildman–Crippen LogP) is 7.31. The number of rotatable bonds is 5. The number of aromatic nitrogens is 1. The molecule has 5 aromatic rings. The minimum absolute atomic E-state index is 0.0421. The molecule has 0 fully saturated rings. The lowest BCUT2D eigenvalue weighted by Crippen LogP contribution is -2.38. The zero-order chi connectivity index (χ0) is 27.9. The zero-order valence-corrected chi connectivity index (χ0v) is 25.0. The van der Waals surface area contributed by atoms with E-state index in [2.05, 4.69) is 52.3 Å². The molecular weight excluding hydrogens is 616 g/mol. The highest BCUT2D eigenvalue weighted by Gasteiger charge is 2.32. The van der Waals surface area contributed by atoms with Crippen molar-refractivity contribution in [1.82, 2.24) is 4.57 Å². The molecule has 2 aliphatic rings. The van der Waals surface area contributed by atoms with Gasteiger partial charge < -0.3 is 4.74 Å².